The third-order valence-electron chi connectivity index (χ3n) is 2.92. The molecule has 1 aromatic heterocycles. The summed E-state index contributed by atoms with van der Waals surface area (Å²) in [6.45, 7) is 5.79. The summed E-state index contributed by atoms with van der Waals surface area (Å²) in [7, 11) is 0. The number of nitrogens with one attached hydrogen (secondary N) is 1. The number of hydrogen-bond acceptors (Lipinski definition) is 2. The third kappa shape index (κ3) is 3.44. The number of hydrogen-bond donors (Lipinski definition) is 1. The van der Waals surface area contributed by atoms with Crippen LogP contribution in [0.25, 0.3) is 0 Å². The van der Waals surface area contributed by atoms with E-state index < -0.39 is 0 Å². The summed E-state index contributed by atoms with van der Waals surface area (Å²) in [6, 6.07) is 14.1. The lowest BCUT2D eigenvalue weighted by atomic mass is 9.94. The van der Waals surface area contributed by atoms with E-state index in [1.165, 1.54) is 0 Å². The first kappa shape index (κ1) is 13.8. The second kappa shape index (κ2) is 5.57. The monoisotopic (exact) mass is 273 g/mol. The average molecular weight is 273 g/mol. The molecule has 100 valence electrons. The largest absolute Gasteiger partial charge is 0.344 e. The summed E-state index contributed by atoms with van der Waals surface area (Å²) in [5.74, 6) is 0.0646. The summed E-state index contributed by atoms with van der Waals surface area (Å²) >= 11 is 1.66. The number of thiophene rings is 1. The molecular weight excluding hydrogens is 254 g/mol. The lowest BCUT2D eigenvalue weighted by Crippen LogP contribution is -2.37. The predicted molar refractivity (Wildman–Crippen MR) is 80.2 cm³/mol. The van der Waals surface area contributed by atoms with Gasteiger partial charge in [0.05, 0.1) is 6.04 Å². The second-order valence-electron chi connectivity index (χ2n) is 5.58. The first-order valence-corrected chi connectivity index (χ1v) is 7.26. The average Bonchev–Trinajstić information content (AvgIpc) is 2.89. The maximum Gasteiger partial charge on any atom is 0.226 e. The minimum Gasteiger partial charge on any atom is -0.344 e. The maximum absolute atomic E-state index is 12.2. The SMILES string of the molecule is CC(C)(C)C(=O)NC(c1ccccc1)c1cccs1. The van der Waals surface area contributed by atoms with E-state index in [2.05, 4.69) is 11.4 Å². The van der Waals surface area contributed by atoms with Crippen molar-refractivity contribution in [1.29, 1.82) is 0 Å². The van der Waals surface area contributed by atoms with Gasteiger partial charge in [0.2, 0.25) is 5.91 Å². The predicted octanol–water partition coefficient (Wildman–Crippen LogP) is 4.00. The Hall–Kier alpha value is -1.61. The molecule has 1 amide bonds. The van der Waals surface area contributed by atoms with Gasteiger partial charge in [-0.25, -0.2) is 0 Å². The smallest absolute Gasteiger partial charge is 0.226 e. The van der Waals surface area contributed by atoms with E-state index in [4.69, 9.17) is 0 Å². The molecule has 0 fully saturated rings. The van der Waals surface area contributed by atoms with Crippen LogP contribution in [0.3, 0.4) is 0 Å². The Labute approximate surface area is 118 Å². The molecule has 1 N–H and O–H groups in total. The standard InChI is InChI=1S/C16H19NOS/c1-16(2,3)15(18)17-14(13-10-7-11-19-13)12-8-5-4-6-9-12/h4-11,14H,1-3H3,(H,17,18). The molecular formula is C16H19NOS. The minimum absolute atomic E-state index is 0.0621. The van der Waals surface area contributed by atoms with Gasteiger partial charge in [-0.1, -0.05) is 57.2 Å². The van der Waals surface area contributed by atoms with Gasteiger partial charge in [0.25, 0.3) is 0 Å². The lowest BCUT2D eigenvalue weighted by Gasteiger charge is -2.24. The van der Waals surface area contributed by atoms with Crippen molar-refractivity contribution < 1.29 is 4.79 Å². The van der Waals surface area contributed by atoms with Crippen LogP contribution in [0, 0.1) is 5.41 Å². The number of carbonyl (C=O) groups is 1. The number of benzene rings is 1. The molecule has 0 aliphatic carbocycles. The molecule has 0 bridgehead atoms. The molecule has 1 atom stereocenters. The Balaban J connectivity index is 2.29. The summed E-state index contributed by atoms with van der Waals surface area (Å²) < 4.78 is 0. The molecule has 0 aliphatic rings. The van der Waals surface area contributed by atoms with Gasteiger partial charge < -0.3 is 5.32 Å². The Morgan fingerprint density at radius 1 is 1.11 bits per heavy atom. The zero-order valence-corrected chi connectivity index (χ0v) is 12.3. The Kier molecular flexibility index (Phi) is 4.05. The number of rotatable bonds is 3. The van der Waals surface area contributed by atoms with Crippen molar-refractivity contribution in [2.24, 2.45) is 5.41 Å². The van der Waals surface area contributed by atoms with E-state index in [1.54, 1.807) is 11.3 Å². The van der Waals surface area contributed by atoms with E-state index >= 15 is 0 Å². The van der Waals surface area contributed by atoms with Crippen LogP contribution < -0.4 is 5.32 Å². The van der Waals surface area contributed by atoms with E-state index in [-0.39, 0.29) is 17.4 Å². The van der Waals surface area contributed by atoms with Crippen molar-refractivity contribution in [3.8, 4) is 0 Å². The topological polar surface area (TPSA) is 29.1 Å². The highest BCUT2D eigenvalue weighted by Gasteiger charge is 2.25. The van der Waals surface area contributed by atoms with Crippen LogP contribution in [0.5, 0.6) is 0 Å². The van der Waals surface area contributed by atoms with Crippen LogP contribution in [0.2, 0.25) is 0 Å². The summed E-state index contributed by atoms with van der Waals surface area (Å²) in [6.07, 6.45) is 0. The molecule has 19 heavy (non-hydrogen) atoms. The van der Waals surface area contributed by atoms with Crippen molar-refractivity contribution in [2.75, 3.05) is 0 Å². The van der Waals surface area contributed by atoms with Gasteiger partial charge in [-0.05, 0) is 17.0 Å². The van der Waals surface area contributed by atoms with Crippen LogP contribution in [0.1, 0.15) is 37.3 Å². The highest BCUT2D eigenvalue weighted by Crippen LogP contribution is 2.27. The quantitative estimate of drug-likeness (QED) is 0.899. The molecule has 2 nitrogen and oxygen atoms in total. The van der Waals surface area contributed by atoms with Gasteiger partial charge in [0, 0.05) is 10.3 Å². The Morgan fingerprint density at radius 3 is 2.32 bits per heavy atom. The molecule has 0 spiro atoms. The second-order valence-corrected chi connectivity index (χ2v) is 6.56. The lowest BCUT2D eigenvalue weighted by molar-refractivity contribution is -0.129. The van der Waals surface area contributed by atoms with Crippen molar-refractivity contribution in [1.82, 2.24) is 5.32 Å². The van der Waals surface area contributed by atoms with Gasteiger partial charge in [0.15, 0.2) is 0 Å². The van der Waals surface area contributed by atoms with Crippen LogP contribution in [0.15, 0.2) is 47.8 Å². The first-order chi connectivity index (χ1) is 8.98. The van der Waals surface area contributed by atoms with E-state index in [0.717, 1.165) is 10.4 Å². The van der Waals surface area contributed by atoms with Gasteiger partial charge in [-0.3, -0.25) is 4.79 Å². The van der Waals surface area contributed by atoms with E-state index in [0.29, 0.717) is 0 Å². The molecule has 0 aliphatic heterocycles. The van der Waals surface area contributed by atoms with Crippen molar-refractivity contribution >= 4 is 17.2 Å². The molecule has 0 saturated heterocycles. The summed E-state index contributed by atoms with van der Waals surface area (Å²) in [5.41, 5.74) is 0.729. The van der Waals surface area contributed by atoms with Crippen molar-refractivity contribution in [2.45, 2.75) is 26.8 Å². The van der Waals surface area contributed by atoms with E-state index in [1.807, 2.05) is 62.5 Å². The van der Waals surface area contributed by atoms with Gasteiger partial charge in [-0.15, -0.1) is 11.3 Å². The third-order valence-corrected chi connectivity index (χ3v) is 3.85. The molecule has 1 aromatic carbocycles. The zero-order valence-electron chi connectivity index (χ0n) is 11.5. The van der Waals surface area contributed by atoms with Crippen LogP contribution >= 0.6 is 11.3 Å². The molecule has 2 rings (SSSR count). The molecule has 1 heterocycles. The van der Waals surface area contributed by atoms with Gasteiger partial charge >= 0.3 is 0 Å². The number of amides is 1. The van der Waals surface area contributed by atoms with Gasteiger partial charge in [0.1, 0.15) is 0 Å². The Bertz CT molecular complexity index is 526. The van der Waals surface area contributed by atoms with Crippen LogP contribution in [-0.4, -0.2) is 5.91 Å². The summed E-state index contributed by atoms with van der Waals surface area (Å²) in [4.78, 5) is 13.4. The summed E-state index contributed by atoms with van der Waals surface area (Å²) in [5, 5.41) is 5.18. The van der Waals surface area contributed by atoms with Crippen molar-refractivity contribution in [3.63, 3.8) is 0 Å². The maximum atomic E-state index is 12.2. The normalized spacial score (nSPS) is 13.0. The van der Waals surface area contributed by atoms with E-state index in [9.17, 15) is 4.79 Å². The highest BCUT2D eigenvalue weighted by atomic mass is 32.1. The molecule has 1 unspecified atom stereocenters. The minimum atomic E-state index is -0.385. The zero-order chi connectivity index (χ0) is 13.9. The Morgan fingerprint density at radius 2 is 1.79 bits per heavy atom. The van der Waals surface area contributed by atoms with Crippen LogP contribution in [-0.2, 0) is 4.79 Å². The molecule has 3 heteroatoms. The molecule has 0 radical (unpaired) electrons. The fraction of sp³-hybridized carbons (Fsp3) is 0.312. The van der Waals surface area contributed by atoms with Crippen molar-refractivity contribution in [3.05, 3.63) is 58.3 Å². The molecule has 2 aromatic rings. The highest BCUT2D eigenvalue weighted by molar-refractivity contribution is 7.10. The first-order valence-electron chi connectivity index (χ1n) is 6.38. The van der Waals surface area contributed by atoms with Gasteiger partial charge in [-0.2, -0.15) is 0 Å². The number of carbonyl (C=O) groups excluding carboxylic acids is 1. The fourth-order valence-corrected chi connectivity index (χ4v) is 2.57. The molecule has 0 saturated carbocycles. The fourth-order valence-electron chi connectivity index (χ4n) is 1.77. The van der Waals surface area contributed by atoms with Crippen LogP contribution in [0.4, 0.5) is 0 Å².